The van der Waals surface area contributed by atoms with Crippen LogP contribution in [-0.2, 0) is 11.2 Å². The molecule has 3 atom stereocenters. The number of benzene rings is 1. The Balaban J connectivity index is 1.54. The third kappa shape index (κ3) is 1.95. The number of nitrogens with zero attached hydrogens (tertiary/aromatic N) is 1. The number of carbonyl (C=O) groups excluding carboxylic acids is 1. The highest BCUT2D eigenvalue weighted by Crippen LogP contribution is 2.49. The van der Waals surface area contributed by atoms with Crippen molar-refractivity contribution in [2.45, 2.75) is 37.8 Å². The van der Waals surface area contributed by atoms with Gasteiger partial charge in [0.05, 0.1) is 6.54 Å². The Morgan fingerprint density at radius 1 is 1.33 bits per heavy atom. The molecule has 0 saturated carbocycles. The molecule has 6 heteroatoms. The summed E-state index contributed by atoms with van der Waals surface area (Å²) in [5.74, 6) is 2.07. The van der Waals surface area contributed by atoms with Crippen LogP contribution in [0.25, 0.3) is 0 Å². The van der Waals surface area contributed by atoms with Crippen LogP contribution in [0.3, 0.4) is 0 Å². The standard InChI is InChI=1S/C18H22N2O4/c1-2-12-8-20-4-3-11-5-15-16(23-10-22-15)6-13(11)14(20)7-18(12)9-19-17(21)24-18/h5-6,12,14H,2-4,7-10H2,1H3,(H,19,21)/t12-,14-,18-/m0/s1. The van der Waals surface area contributed by atoms with Crippen LogP contribution in [0.5, 0.6) is 11.5 Å². The van der Waals surface area contributed by atoms with Crippen molar-refractivity contribution in [3.63, 3.8) is 0 Å². The summed E-state index contributed by atoms with van der Waals surface area (Å²) in [5.41, 5.74) is 2.27. The van der Waals surface area contributed by atoms with Gasteiger partial charge >= 0.3 is 6.09 Å². The van der Waals surface area contributed by atoms with Gasteiger partial charge in [0.1, 0.15) is 5.60 Å². The molecular weight excluding hydrogens is 308 g/mol. The van der Waals surface area contributed by atoms with Crippen LogP contribution in [0.4, 0.5) is 4.79 Å². The third-order valence-corrected chi connectivity index (χ3v) is 6.16. The van der Waals surface area contributed by atoms with Crippen LogP contribution >= 0.6 is 0 Å². The summed E-state index contributed by atoms with van der Waals surface area (Å²) in [5, 5.41) is 2.88. The van der Waals surface area contributed by atoms with Crippen molar-refractivity contribution in [3.05, 3.63) is 23.3 Å². The van der Waals surface area contributed by atoms with Gasteiger partial charge in [-0.05, 0) is 36.1 Å². The highest BCUT2D eigenvalue weighted by molar-refractivity contribution is 5.70. The zero-order valence-electron chi connectivity index (χ0n) is 13.8. The molecule has 24 heavy (non-hydrogen) atoms. The summed E-state index contributed by atoms with van der Waals surface area (Å²) in [6.07, 6.45) is 2.62. The lowest BCUT2D eigenvalue weighted by atomic mass is 9.72. The lowest BCUT2D eigenvalue weighted by molar-refractivity contribution is -0.0766. The Kier molecular flexibility index (Phi) is 3.01. The molecule has 4 aliphatic heterocycles. The molecule has 0 unspecified atom stereocenters. The minimum Gasteiger partial charge on any atom is -0.454 e. The molecule has 128 valence electrons. The molecule has 1 spiro atoms. The fourth-order valence-electron chi connectivity index (χ4n) is 4.87. The smallest absolute Gasteiger partial charge is 0.407 e. The maximum absolute atomic E-state index is 11.8. The fraction of sp³-hybridized carbons (Fsp3) is 0.611. The second kappa shape index (κ2) is 5.02. The van der Waals surface area contributed by atoms with Crippen LogP contribution in [0.2, 0.25) is 0 Å². The number of fused-ring (bicyclic) bond motifs is 4. The summed E-state index contributed by atoms with van der Waals surface area (Å²) in [7, 11) is 0. The predicted molar refractivity (Wildman–Crippen MR) is 86.2 cm³/mol. The summed E-state index contributed by atoms with van der Waals surface area (Å²) >= 11 is 0. The molecule has 6 nitrogen and oxygen atoms in total. The van der Waals surface area contributed by atoms with Gasteiger partial charge in [-0.15, -0.1) is 0 Å². The van der Waals surface area contributed by atoms with E-state index in [4.69, 9.17) is 14.2 Å². The third-order valence-electron chi connectivity index (χ3n) is 6.16. The minimum atomic E-state index is -0.377. The first-order chi connectivity index (χ1) is 11.7. The van der Waals surface area contributed by atoms with Gasteiger partial charge in [0.2, 0.25) is 6.79 Å². The van der Waals surface area contributed by atoms with E-state index in [1.54, 1.807) is 0 Å². The summed E-state index contributed by atoms with van der Waals surface area (Å²) in [4.78, 5) is 14.3. The lowest BCUT2D eigenvalue weighted by Crippen LogP contribution is -2.56. The van der Waals surface area contributed by atoms with Crippen molar-refractivity contribution < 1.29 is 19.0 Å². The predicted octanol–water partition coefficient (Wildman–Crippen LogP) is 2.22. The molecule has 0 bridgehead atoms. The Morgan fingerprint density at radius 3 is 2.92 bits per heavy atom. The van der Waals surface area contributed by atoms with Gasteiger partial charge in [-0.1, -0.05) is 6.92 Å². The normalized spacial score (nSPS) is 33.8. The molecule has 1 amide bonds. The van der Waals surface area contributed by atoms with Crippen LogP contribution in [0.1, 0.15) is 36.9 Å². The fourth-order valence-corrected chi connectivity index (χ4v) is 4.87. The van der Waals surface area contributed by atoms with Gasteiger partial charge < -0.3 is 19.5 Å². The Labute approximate surface area is 141 Å². The van der Waals surface area contributed by atoms with E-state index in [2.05, 4.69) is 29.3 Å². The van der Waals surface area contributed by atoms with Gasteiger partial charge in [-0.2, -0.15) is 0 Å². The maximum atomic E-state index is 11.8. The second-order valence-electron chi connectivity index (χ2n) is 7.28. The van der Waals surface area contributed by atoms with Crippen molar-refractivity contribution in [2.24, 2.45) is 5.92 Å². The van der Waals surface area contributed by atoms with E-state index in [0.717, 1.165) is 43.9 Å². The van der Waals surface area contributed by atoms with Crippen LogP contribution < -0.4 is 14.8 Å². The number of nitrogens with one attached hydrogen (secondary N) is 1. The molecule has 5 rings (SSSR count). The lowest BCUT2D eigenvalue weighted by Gasteiger charge is -2.50. The van der Waals surface area contributed by atoms with Gasteiger partial charge in [0.15, 0.2) is 11.5 Å². The quantitative estimate of drug-likeness (QED) is 0.856. The number of hydrogen-bond donors (Lipinski definition) is 1. The minimum absolute atomic E-state index is 0.274. The number of alkyl carbamates (subject to hydrolysis) is 1. The first-order valence-electron chi connectivity index (χ1n) is 8.82. The number of ether oxygens (including phenoxy) is 3. The molecule has 4 heterocycles. The molecule has 2 saturated heterocycles. The number of rotatable bonds is 1. The number of amides is 1. The van der Waals surface area contributed by atoms with Gasteiger partial charge in [-0.3, -0.25) is 4.90 Å². The van der Waals surface area contributed by atoms with Crippen molar-refractivity contribution in [1.82, 2.24) is 10.2 Å². The molecule has 0 aliphatic carbocycles. The Hall–Kier alpha value is -1.95. The monoisotopic (exact) mass is 330 g/mol. The highest BCUT2D eigenvalue weighted by atomic mass is 16.7. The van der Waals surface area contributed by atoms with E-state index in [1.807, 2.05) is 0 Å². The summed E-state index contributed by atoms with van der Waals surface area (Å²) < 4.78 is 16.9. The maximum Gasteiger partial charge on any atom is 0.407 e. The van der Waals surface area contributed by atoms with Gasteiger partial charge in [-0.25, -0.2) is 4.79 Å². The number of hydrogen-bond acceptors (Lipinski definition) is 5. The van der Waals surface area contributed by atoms with Crippen molar-refractivity contribution in [3.8, 4) is 11.5 Å². The molecule has 4 aliphatic rings. The van der Waals surface area contributed by atoms with E-state index in [9.17, 15) is 4.79 Å². The average Bonchev–Trinajstić information content (AvgIpc) is 3.19. The topological polar surface area (TPSA) is 60.0 Å². The molecule has 1 aromatic carbocycles. The zero-order valence-corrected chi connectivity index (χ0v) is 13.8. The first-order valence-corrected chi connectivity index (χ1v) is 8.82. The SMILES string of the molecule is CC[C@H]1CN2CCc3cc4c(cc3[C@@H]2C[C@]12CNC(=O)O2)OCO4. The molecule has 2 fully saturated rings. The molecule has 0 radical (unpaired) electrons. The number of piperidine rings is 1. The highest BCUT2D eigenvalue weighted by Gasteiger charge is 2.53. The summed E-state index contributed by atoms with van der Waals surface area (Å²) in [6.45, 7) is 5.13. The molecule has 1 N–H and O–H groups in total. The van der Waals surface area contributed by atoms with Gasteiger partial charge in [0, 0.05) is 31.5 Å². The first kappa shape index (κ1) is 14.4. The van der Waals surface area contributed by atoms with E-state index in [1.165, 1.54) is 11.1 Å². The second-order valence-corrected chi connectivity index (χ2v) is 7.28. The van der Waals surface area contributed by atoms with Crippen molar-refractivity contribution in [1.29, 1.82) is 0 Å². The molecule has 0 aromatic heterocycles. The zero-order chi connectivity index (χ0) is 16.3. The van der Waals surface area contributed by atoms with E-state index in [-0.39, 0.29) is 17.7 Å². The van der Waals surface area contributed by atoms with Crippen molar-refractivity contribution in [2.75, 3.05) is 26.4 Å². The number of carbonyl (C=O) groups is 1. The molecule has 1 aromatic rings. The van der Waals surface area contributed by atoms with Gasteiger partial charge in [0.25, 0.3) is 0 Å². The van der Waals surface area contributed by atoms with E-state index >= 15 is 0 Å². The Bertz CT molecular complexity index is 707. The van der Waals surface area contributed by atoms with Crippen LogP contribution in [0.15, 0.2) is 12.1 Å². The largest absolute Gasteiger partial charge is 0.454 e. The Morgan fingerprint density at radius 2 is 2.17 bits per heavy atom. The van der Waals surface area contributed by atoms with Crippen molar-refractivity contribution >= 4 is 6.09 Å². The van der Waals surface area contributed by atoms with E-state index < -0.39 is 0 Å². The van der Waals surface area contributed by atoms with Crippen LogP contribution in [-0.4, -0.2) is 43.0 Å². The molecular formula is C18H22N2O4. The average molecular weight is 330 g/mol. The summed E-state index contributed by atoms with van der Waals surface area (Å²) in [6, 6.07) is 4.55. The van der Waals surface area contributed by atoms with E-state index in [0.29, 0.717) is 19.3 Å². The van der Waals surface area contributed by atoms with Crippen LogP contribution in [0, 0.1) is 5.92 Å².